The smallest absolute Gasteiger partial charge is 0.326 e. The molecule has 1 unspecified atom stereocenters. The van der Waals surface area contributed by atoms with E-state index in [0.717, 1.165) is 4.90 Å². The number of carbonyl (C=O) groups is 4. The Morgan fingerprint density at radius 2 is 1.89 bits per heavy atom. The van der Waals surface area contributed by atoms with Gasteiger partial charge in [-0.3, -0.25) is 19.3 Å². The van der Waals surface area contributed by atoms with E-state index in [-0.39, 0.29) is 25.7 Å². The molecule has 100 valence electrons. The zero-order valence-corrected chi connectivity index (χ0v) is 10.0. The number of hydrogen-bond donors (Lipinski definition) is 1. The zero-order chi connectivity index (χ0) is 13.7. The SMILES string of the molecule is COC(=O)CCC(C(=O)O)N1C(=O)CCCC1=O. The van der Waals surface area contributed by atoms with E-state index >= 15 is 0 Å². The van der Waals surface area contributed by atoms with Gasteiger partial charge in [0.05, 0.1) is 7.11 Å². The molecule has 1 fully saturated rings. The second-order valence-corrected chi connectivity index (χ2v) is 3.98. The van der Waals surface area contributed by atoms with Gasteiger partial charge in [-0.1, -0.05) is 0 Å². The van der Waals surface area contributed by atoms with Crippen LogP contribution in [-0.4, -0.2) is 46.9 Å². The highest BCUT2D eigenvalue weighted by Gasteiger charge is 2.36. The van der Waals surface area contributed by atoms with Gasteiger partial charge in [0.1, 0.15) is 6.04 Å². The van der Waals surface area contributed by atoms with Crippen molar-refractivity contribution >= 4 is 23.8 Å². The Balaban J connectivity index is 2.76. The first-order valence-corrected chi connectivity index (χ1v) is 5.62. The summed E-state index contributed by atoms with van der Waals surface area (Å²) in [5.41, 5.74) is 0. The molecule has 0 aliphatic carbocycles. The molecule has 0 aromatic rings. The van der Waals surface area contributed by atoms with Gasteiger partial charge in [-0.2, -0.15) is 0 Å². The van der Waals surface area contributed by atoms with Crippen LogP contribution in [0.15, 0.2) is 0 Å². The summed E-state index contributed by atoms with van der Waals surface area (Å²) in [5.74, 6) is -2.85. The van der Waals surface area contributed by atoms with E-state index in [4.69, 9.17) is 5.11 Å². The van der Waals surface area contributed by atoms with Crippen LogP contribution in [0.25, 0.3) is 0 Å². The zero-order valence-electron chi connectivity index (χ0n) is 10.0. The minimum absolute atomic E-state index is 0.126. The van der Waals surface area contributed by atoms with Gasteiger partial charge in [0, 0.05) is 19.3 Å². The lowest BCUT2D eigenvalue weighted by molar-refractivity contribution is -0.161. The fraction of sp³-hybridized carbons (Fsp3) is 0.636. The Bertz CT molecular complexity index is 362. The highest BCUT2D eigenvalue weighted by Crippen LogP contribution is 2.18. The molecule has 1 aliphatic rings. The number of hydrogen-bond acceptors (Lipinski definition) is 5. The number of ether oxygens (including phenoxy) is 1. The summed E-state index contributed by atoms with van der Waals surface area (Å²) in [7, 11) is 1.19. The normalized spacial score (nSPS) is 17.5. The lowest BCUT2D eigenvalue weighted by Crippen LogP contribution is -2.50. The van der Waals surface area contributed by atoms with Gasteiger partial charge in [0.25, 0.3) is 0 Å². The summed E-state index contributed by atoms with van der Waals surface area (Å²) >= 11 is 0. The van der Waals surface area contributed by atoms with Crippen molar-refractivity contribution in [2.24, 2.45) is 0 Å². The van der Waals surface area contributed by atoms with Gasteiger partial charge in [0.15, 0.2) is 0 Å². The first-order valence-electron chi connectivity index (χ1n) is 5.62. The summed E-state index contributed by atoms with van der Waals surface area (Å²) in [4.78, 5) is 46.0. The minimum atomic E-state index is -1.29. The molecular formula is C11H15NO6. The van der Waals surface area contributed by atoms with Gasteiger partial charge in [-0.25, -0.2) is 4.79 Å². The van der Waals surface area contributed by atoms with E-state index in [9.17, 15) is 19.2 Å². The lowest BCUT2D eigenvalue weighted by Gasteiger charge is -2.30. The standard InChI is InChI=1S/C11H15NO6/c1-18-10(15)6-5-7(11(16)17)12-8(13)3-2-4-9(12)14/h7H,2-6H2,1H3,(H,16,17). The maximum atomic E-state index is 11.6. The van der Waals surface area contributed by atoms with Gasteiger partial charge >= 0.3 is 11.9 Å². The van der Waals surface area contributed by atoms with Crippen molar-refractivity contribution in [3.63, 3.8) is 0 Å². The Labute approximate surface area is 104 Å². The third-order valence-electron chi connectivity index (χ3n) is 2.76. The predicted octanol–water partition coefficient (Wildman–Crippen LogP) is -0.0681. The second kappa shape index (κ2) is 6.13. The van der Waals surface area contributed by atoms with Crippen molar-refractivity contribution < 1.29 is 29.0 Å². The number of piperidine rings is 1. The maximum Gasteiger partial charge on any atom is 0.326 e. The molecule has 0 spiro atoms. The maximum absolute atomic E-state index is 11.6. The molecule has 1 atom stereocenters. The average molecular weight is 257 g/mol. The lowest BCUT2D eigenvalue weighted by atomic mass is 10.0. The average Bonchev–Trinajstić information content (AvgIpc) is 2.31. The molecule has 0 aromatic heterocycles. The largest absolute Gasteiger partial charge is 0.480 e. The van der Waals surface area contributed by atoms with E-state index in [0.29, 0.717) is 6.42 Å². The Kier molecular flexibility index (Phi) is 4.82. The fourth-order valence-corrected chi connectivity index (χ4v) is 1.84. The van der Waals surface area contributed by atoms with Crippen LogP contribution in [0.3, 0.4) is 0 Å². The first kappa shape index (κ1) is 14.1. The highest BCUT2D eigenvalue weighted by molar-refractivity contribution is 6.01. The Morgan fingerprint density at radius 1 is 1.33 bits per heavy atom. The fourth-order valence-electron chi connectivity index (χ4n) is 1.84. The van der Waals surface area contributed by atoms with Crippen LogP contribution >= 0.6 is 0 Å². The number of aliphatic carboxylic acids is 1. The summed E-state index contributed by atoms with van der Waals surface area (Å²) in [6.45, 7) is 0. The van der Waals surface area contributed by atoms with Crippen LogP contribution in [0.5, 0.6) is 0 Å². The van der Waals surface area contributed by atoms with Gasteiger partial charge in [0.2, 0.25) is 11.8 Å². The van der Waals surface area contributed by atoms with Crippen molar-refractivity contribution in [3.8, 4) is 0 Å². The third kappa shape index (κ3) is 3.28. The summed E-state index contributed by atoms with van der Waals surface area (Å²) < 4.78 is 4.40. The molecule has 0 saturated carbocycles. The van der Waals surface area contributed by atoms with Crippen LogP contribution < -0.4 is 0 Å². The molecule has 18 heavy (non-hydrogen) atoms. The monoisotopic (exact) mass is 257 g/mol. The predicted molar refractivity (Wildman–Crippen MR) is 58.4 cm³/mol. The molecule has 1 rings (SSSR count). The van der Waals surface area contributed by atoms with E-state index in [2.05, 4.69) is 4.74 Å². The molecule has 7 nitrogen and oxygen atoms in total. The van der Waals surface area contributed by atoms with Crippen molar-refractivity contribution in [1.29, 1.82) is 0 Å². The Morgan fingerprint density at radius 3 is 2.33 bits per heavy atom. The van der Waals surface area contributed by atoms with E-state index in [1.807, 2.05) is 0 Å². The molecule has 0 aromatic carbocycles. The summed E-state index contributed by atoms with van der Waals surface area (Å²) in [5, 5.41) is 9.05. The van der Waals surface area contributed by atoms with E-state index < -0.39 is 29.8 Å². The summed E-state index contributed by atoms with van der Waals surface area (Å²) in [6, 6.07) is -1.29. The van der Waals surface area contributed by atoms with E-state index in [1.165, 1.54) is 7.11 Å². The van der Waals surface area contributed by atoms with Crippen LogP contribution in [0.2, 0.25) is 0 Å². The number of carboxylic acids is 1. The molecule has 1 heterocycles. The van der Waals surface area contributed by atoms with Crippen LogP contribution in [-0.2, 0) is 23.9 Å². The van der Waals surface area contributed by atoms with Crippen LogP contribution in [0.4, 0.5) is 0 Å². The summed E-state index contributed by atoms with van der Waals surface area (Å²) in [6.07, 6.45) is 0.489. The molecule has 2 amide bonds. The topological polar surface area (TPSA) is 101 Å². The number of likely N-dealkylation sites (tertiary alicyclic amines) is 1. The number of imide groups is 1. The number of carboxylic acid groups (broad SMARTS) is 1. The van der Waals surface area contributed by atoms with Crippen LogP contribution in [0.1, 0.15) is 32.1 Å². The van der Waals surface area contributed by atoms with Crippen molar-refractivity contribution in [1.82, 2.24) is 4.90 Å². The number of esters is 1. The number of amides is 2. The number of rotatable bonds is 5. The number of nitrogens with zero attached hydrogens (tertiary/aromatic N) is 1. The van der Waals surface area contributed by atoms with Crippen molar-refractivity contribution in [2.45, 2.75) is 38.1 Å². The van der Waals surface area contributed by atoms with E-state index in [1.54, 1.807) is 0 Å². The number of methoxy groups -OCH3 is 1. The Hall–Kier alpha value is -1.92. The molecule has 1 N–H and O–H groups in total. The second-order valence-electron chi connectivity index (χ2n) is 3.98. The van der Waals surface area contributed by atoms with Crippen molar-refractivity contribution in [3.05, 3.63) is 0 Å². The molecule has 1 aliphatic heterocycles. The van der Waals surface area contributed by atoms with Gasteiger partial charge in [-0.05, 0) is 12.8 Å². The third-order valence-corrected chi connectivity index (χ3v) is 2.76. The molecular weight excluding hydrogens is 242 g/mol. The molecule has 0 radical (unpaired) electrons. The van der Waals surface area contributed by atoms with Gasteiger partial charge < -0.3 is 9.84 Å². The quantitative estimate of drug-likeness (QED) is 0.546. The minimum Gasteiger partial charge on any atom is -0.480 e. The first-order chi connectivity index (χ1) is 8.47. The molecule has 7 heteroatoms. The molecule has 0 bridgehead atoms. The van der Waals surface area contributed by atoms with Crippen molar-refractivity contribution in [2.75, 3.05) is 7.11 Å². The highest BCUT2D eigenvalue weighted by atomic mass is 16.5. The molecule has 1 saturated heterocycles. The van der Waals surface area contributed by atoms with Crippen LogP contribution in [0, 0.1) is 0 Å². The van der Waals surface area contributed by atoms with Gasteiger partial charge in [-0.15, -0.1) is 0 Å². The number of carbonyl (C=O) groups excluding carboxylic acids is 3.